The fraction of sp³-hybridized carbons (Fsp3) is 0.839. The second-order valence-corrected chi connectivity index (χ2v) is 14.3. The third kappa shape index (κ3) is 3.87. The first-order valence-electron chi connectivity index (χ1n) is 14.2. The number of aliphatic carboxylic acids is 1. The van der Waals surface area contributed by atoms with Crippen molar-refractivity contribution in [2.45, 2.75) is 119 Å². The first kappa shape index (κ1) is 26.6. The van der Waals surface area contributed by atoms with Crippen LogP contribution in [0.4, 0.5) is 0 Å². The molecule has 0 unspecified atom stereocenters. The standard InChI is InChI=1S/C31H48O4/c1-8-9-10-25(33)27(2,3)20-11-12-30(6)22(17-20)24(32)18-21-23-19-29(5,26(34)35)14-13-28(23,4)15-16-31(21,30)7/h18,20,22-23H,8-17,19H2,1-7H3,(H,34,35)/t20-,22+,23-,28-,29+,30-,31-/m1/s1. The summed E-state index contributed by atoms with van der Waals surface area (Å²) >= 11 is 0. The van der Waals surface area contributed by atoms with Gasteiger partial charge in [-0.05, 0) is 98.9 Å². The maximum atomic E-state index is 13.8. The summed E-state index contributed by atoms with van der Waals surface area (Å²) in [6, 6.07) is 0. The smallest absolute Gasteiger partial charge is 0.309 e. The lowest BCUT2D eigenvalue weighted by Gasteiger charge is -2.65. The summed E-state index contributed by atoms with van der Waals surface area (Å²) < 4.78 is 0. The minimum atomic E-state index is -0.718. The molecule has 1 N–H and O–H groups in total. The van der Waals surface area contributed by atoms with Gasteiger partial charge in [-0.1, -0.05) is 53.5 Å². The summed E-state index contributed by atoms with van der Waals surface area (Å²) in [4.78, 5) is 39.1. The number of hydrogen-bond donors (Lipinski definition) is 1. The van der Waals surface area contributed by atoms with Crippen LogP contribution in [0.2, 0.25) is 0 Å². The van der Waals surface area contributed by atoms with Crippen LogP contribution in [0.15, 0.2) is 11.6 Å². The third-order valence-corrected chi connectivity index (χ3v) is 12.2. The number of carbonyl (C=O) groups is 3. The van der Waals surface area contributed by atoms with Gasteiger partial charge in [0.2, 0.25) is 0 Å². The van der Waals surface area contributed by atoms with Crippen LogP contribution in [0.25, 0.3) is 0 Å². The highest BCUT2D eigenvalue weighted by atomic mass is 16.4. The quantitative estimate of drug-likeness (QED) is 0.426. The van der Waals surface area contributed by atoms with Crippen LogP contribution < -0.4 is 0 Å². The van der Waals surface area contributed by atoms with Crippen molar-refractivity contribution < 1.29 is 19.5 Å². The molecule has 4 rings (SSSR count). The number of rotatable bonds is 6. The summed E-state index contributed by atoms with van der Waals surface area (Å²) in [6.45, 7) is 15.3. The monoisotopic (exact) mass is 484 g/mol. The van der Waals surface area contributed by atoms with Crippen LogP contribution in [0.3, 0.4) is 0 Å². The maximum Gasteiger partial charge on any atom is 0.309 e. The molecule has 4 aliphatic rings. The van der Waals surface area contributed by atoms with Crippen LogP contribution in [0.1, 0.15) is 119 Å². The molecule has 3 fully saturated rings. The zero-order chi connectivity index (χ0) is 26.0. The lowest BCUT2D eigenvalue weighted by atomic mass is 9.38. The molecule has 4 nitrogen and oxygen atoms in total. The van der Waals surface area contributed by atoms with E-state index in [-0.39, 0.29) is 45.2 Å². The van der Waals surface area contributed by atoms with Gasteiger partial charge < -0.3 is 5.11 Å². The van der Waals surface area contributed by atoms with E-state index in [0.717, 1.165) is 57.8 Å². The number of unbranched alkanes of at least 4 members (excludes halogenated alkanes) is 1. The lowest BCUT2D eigenvalue weighted by Crippen LogP contribution is -2.59. The third-order valence-electron chi connectivity index (χ3n) is 12.2. The highest BCUT2D eigenvalue weighted by Crippen LogP contribution is 2.71. The average Bonchev–Trinajstić information content (AvgIpc) is 2.80. The number of Topliss-reactive ketones (excluding diaryl/α,β-unsaturated/α-hetero) is 1. The zero-order valence-electron chi connectivity index (χ0n) is 23.3. The summed E-state index contributed by atoms with van der Waals surface area (Å²) in [6.07, 6.45) is 11.8. The van der Waals surface area contributed by atoms with E-state index in [1.807, 2.05) is 13.0 Å². The second-order valence-electron chi connectivity index (χ2n) is 14.3. The molecule has 0 heterocycles. The first-order valence-corrected chi connectivity index (χ1v) is 14.2. The molecule has 4 aliphatic carbocycles. The molecule has 3 saturated carbocycles. The van der Waals surface area contributed by atoms with Gasteiger partial charge in [0, 0.05) is 17.8 Å². The fourth-order valence-corrected chi connectivity index (χ4v) is 8.65. The van der Waals surface area contributed by atoms with E-state index < -0.39 is 11.4 Å². The number of carbonyl (C=O) groups excluding carboxylic acids is 2. The number of ketones is 2. The molecular weight excluding hydrogens is 436 g/mol. The van der Waals surface area contributed by atoms with Crippen molar-refractivity contribution in [1.29, 1.82) is 0 Å². The molecule has 196 valence electrons. The molecule has 0 saturated heterocycles. The van der Waals surface area contributed by atoms with Gasteiger partial charge in [-0.25, -0.2) is 0 Å². The Morgan fingerprint density at radius 2 is 1.69 bits per heavy atom. The van der Waals surface area contributed by atoms with Gasteiger partial charge >= 0.3 is 5.97 Å². The van der Waals surface area contributed by atoms with Crippen LogP contribution >= 0.6 is 0 Å². The summed E-state index contributed by atoms with van der Waals surface area (Å²) in [5.41, 5.74) is -0.00279. The highest BCUT2D eigenvalue weighted by molar-refractivity contribution is 5.95. The zero-order valence-corrected chi connectivity index (χ0v) is 23.3. The maximum absolute atomic E-state index is 13.8. The SMILES string of the molecule is CCCCC(=O)C(C)(C)[C@@H]1CC[C@]2(C)[C@@H](C1)C(=O)C=C1[C@H]3C[C@@](C)(C(=O)O)CC[C@]3(C)CC[C@]12C. The number of fused-ring (bicyclic) bond motifs is 5. The predicted octanol–water partition coefficient (Wildman–Crippen LogP) is 7.40. The molecule has 0 aromatic rings. The fourth-order valence-electron chi connectivity index (χ4n) is 8.65. The predicted molar refractivity (Wildman–Crippen MR) is 139 cm³/mol. The molecule has 35 heavy (non-hydrogen) atoms. The molecule has 0 bridgehead atoms. The Morgan fingerprint density at radius 3 is 2.31 bits per heavy atom. The lowest BCUT2D eigenvalue weighted by molar-refractivity contribution is -0.157. The molecule has 0 aromatic heterocycles. The van der Waals surface area contributed by atoms with Crippen LogP contribution in [-0.4, -0.2) is 22.6 Å². The molecule has 4 heteroatoms. The second kappa shape index (κ2) is 8.55. The normalized spacial score (nSPS) is 43.5. The number of carboxylic acid groups (broad SMARTS) is 1. The minimum absolute atomic E-state index is 0.0490. The van der Waals surface area contributed by atoms with E-state index in [0.29, 0.717) is 18.6 Å². The molecule has 0 radical (unpaired) electrons. The molecule has 0 amide bonds. The molecule has 0 spiro atoms. The van der Waals surface area contributed by atoms with Crippen LogP contribution in [-0.2, 0) is 14.4 Å². The van der Waals surface area contributed by atoms with Gasteiger partial charge in [0.15, 0.2) is 5.78 Å². The first-order chi connectivity index (χ1) is 16.1. The van der Waals surface area contributed by atoms with Crippen molar-refractivity contribution in [2.24, 2.45) is 44.8 Å². The number of allylic oxidation sites excluding steroid dienone is 2. The van der Waals surface area contributed by atoms with Crippen molar-refractivity contribution in [3.8, 4) is 0 Å². The Labute approximate surface area is 212 Å². The topological polar surface area (TPSA) is 71.4 Å². The van der Waals surface area contributed by atoms with Gasteiger partial charge in [-0.15, -0.1) is 0 Å². The van der Waals surface area contributed by atoms with E-state index in [1.54, 1.807) is 0 Å². The van der Waals surface area contributed by atoms with Crippen LogP contribution in [0.5, 0.6) is 0 Å². The van der Waals surface area contributed by atoms with Crippen molar-refractivity contribution in [2.75, 3.05) is 0 Å². The molecule has 0 aromatic carbocycles. The minimum Gasteiger partial charge on any atom is -0.481 e. The van der Waals surface area contributed by atoms with Gasteiger partial charge in [0.25, 0.3) is 0 Å². The van der Waals surface area contributed by atoms with Crippen molar-refractivity contribution >= 4 is 17.5 Å². The van der Waals surface area contributed by atoms with Gasteiger partial charge in [0.1, 0.15) is 5.78 Å². The van der Waals surface area contributed by atoms with Gasteiger partial charge in [-0.3, -0.25) is 14.4 Å². The number of carboxylic acids is 1. The Balaban J connectivity index is 1.67. The Bertz CT molecular complexity index is 946. The number of hydrogen-bond acceptors (Lipinski definition) is 3. The van der Waals surface area contributed by atoms with Crippen molar-refractivity contribution in [3.63, 3.8) is 0 Å². The van der Waals surface area contributed by atoms with E-state index in [1.165, 1.54) is 5.57 Å². The van der Waals surface area contributed by atoms with E-state index in [4.69, 9.17) is 0 Å². The highest BCUT2D eigenvalue weighted by Gasteiger charge is 2.64. The molecular formula is C31H48O4. The summed E-state index contributed by atoms with van der Waals surface area (Å²) in [7, 11) is 0. The summed E-state index contributed by atoms with van der Waals surface area (Å²) in [5, 5.41) is 10.0. The van der Waals surface area contributed by atoms with E-state index in [2.05, 4.69) is 41.5 Å². The van der Waals surface area contributed by atoms with Gasteiger partial charge in [-0.2, -0.15) is 0 Å². The summed E-state index contributed by atoms with van der Waals surface area (Å²) in [5.74, 6) is 0.227. The Kier molecular flexibility index (Phi) is 6.50. The van der Waals surface area contributed by atoms with Crippen molar-refractivity contribution in [3.05, 3.63) is 11.6 Å². The molecule has 7 atom stereocenters. The van der Waals surface area contributed by atoms with Crippen molar-refractivity contribution in [1.82, 2.24) is 0 Å². The average molecular weight is 485 g/mol. The van der Waals surface area contributed by atoms with Gasteiger partial charge in [0.05, 0.1) is 5.41 Å². The van der Waals surface area contributed by atoms with E-state index in [9.17, 15) is 19.5 Å². The Morgan fingerprint density at radius 1 is 1.03 bits per heavy atom. The van der Waals surface area contributed by atoms with Crippen LogP contribution in [0, 0.1) is 44.8 Å². The Hall–Kier alpha value is -1.45. The molecule has 0 aliphatic heterocycles. The van der Waals surface area contributed by atoms with E-state index >= 15 is 0 Å². The largest absolute Gasteiger partial charge is 0.481 e.